The number of ether oxygens (including phenoxy) is 4. The summed E-state index contributed by atoms with van der Waals surface area (Å²) >= 11 is 0. The van der Waals surface area contributed by atoms with Crippen molar-refractivity contribution in [3.63, 3.8) is 0 Å². The third kappa shape index (κ3) is 26.8. The quantitative estimate of drug-likeness (QED) is 0.0393. The van der Waals surface area contributed by atoms with Crippen LogP contribution in [0.15, 0.2) is 182 Å². The number of carboxylic acid groups (broad SMARTS) is 1. The first kappa shape index (κ1) is 87.0. The molecule has 12 rings (SSSR count). The molecular weight excluding hydrogens is 1490 g/mol. The van der Waals surface area contributed by atoms with Gasteiger partial charge in [0.25, 0.3) is 11.8 Å². The molecule has 3 aromatic heterocycles. The molecule has 3 aliphatic rings. The molecule has 6 amide bonds. The van der Waals surface area contributed by atoms with Gasteiger partial charge in [0.2, 0.25) is 0 Å². The third-order valence-corrected chi connectivity index (χ3v) is 17.4. The predicted octanol–water partition coefficient (Wildman–Crippen LogP) is 15.9. The lowest BCUT2D eigenvalue weighted by Crippen LogP contribution is -2.50. The minimum Gasteiger partial charge on any atom is -0.478 e. The van der Waals surface area contributed by atoms with E-state index in [0.717, 1.165) is 59.8 Å². The normalized spacial score (nSPS) is 13.6. The number of amides is 6. The molecule has 0 aliphatic carbocycles. The number of halogens is 3. The minimum atomic E-state index is -0.992. The average molecular weight is 1590 g/mol. The highest BCUT2D eigenvalue weighted by Crippen LogP contribution is 2.33. The van der Waals surface area contributed by atoms with Crippen LogP contribution >= 0.6 is 0 Å². The van der Waals surface area contributed by atoms with Crippen LogP contribution in [0.3, 0.4) is 0 Å². The van der Waals surface area contributed by atoms with E-state index >= 15 is 0 Å². The molecule has 6 heterocycles. The monoisotopic (exact) mass is 1590 g/mol. The van der Waals surface area contributed by atoms with Crippen LogP contribution in [0.4, 0.5) is 83.9 Å². The van der Waals surface area contributed by atoms with Gasteiger partial charge in [-0.15, -0.1) is 0 Å². The van der Waals surface area contributed by atoms with Crippen LogP contribution in [0.25, 0.3) is 33.4 Å². The standard InChI is InChI=1S/C32H38FN5O5.C22H22FN5O.C17H19FN2O2.C15H21N3O4/c1-31(2,3)42-29(40)36-25-13-9-22(21-7-11-24(33)12-8-21)19-26(25)35-28(39)23-10-14-27(34-20-23)37-15-17-38(18-16-37)30(41)43-32(4,5)6;23-18-5-1-15(2-6-18)16-3-7-19(24)20(13-16)27-22(29)17-4-8-21(26-14-17)28-11-9-25-10-12-28;1-17(2,3)22-16(21)20-15-9-6-12(10-14(15)19)11-4-7-13(18)8-5-11;1-15(2,3)22-14(21)18-8-6-17(7-9-18)12-5-4-11(10-16-12)13(19)20/h7-14,19-20H,15-18H2,1-6H3,(H,35,39)(H,36,40);1-8,13-14,25H,9-12,24H2,(H,27,29);4-10H,19H2,1-3H3,(H,20,21);4-5,10H,6-9H2,1-3H3,(H,19,20). The lowest BCUT2D eigenvalue weighted by atomic mass is 10.0. The Bertz CT molecular complexity index is 4860. The van der Waals surface area contributed by atoms with Gasteiger partial charge >= 0.3 is 30.3 Å². The lowest BCUT2D eigenvalue weighted by molar-refractivity contribution is 0.0230. The fourth-order valence-electron chi connectivity index (χ4n) is 11.7. The van der Waals surface area contributed by atoms with Crippen LogP contribution < -0.4 is 52.8 Å². The van der Waals surface area contributed by atoms with Gasteiger partial charge in [-0.2, -0.15) is 0 Å². The van der Waals surface area contributed by atoms with E-state index in [1.54, 1.807) is 167 Å². The second-order valence-electron chi connectivity index (χ2n) is 31.2. The molecule has 612 valence electrons. The Morgan fingerprint density at radius 1 is 0.362 bits per heavy atom. The van der Waals surface area contributed by atoms with Gasteiger partial charge < -0.3 is 76.0 Å². The van der Waals surface area contributed by atoms with Crippen molar-refractivity contribution in [3.05, 3.63) is 217 Å². The Kier molecular flexibility index (Phi) is 29.0. The molecule has 0 radical (unpaired) electrons. The summed E-state index contributed by atoms with van der Waals surface area (Å²) in [6.45, 7) is 29.8. The van der Waals surface area contributed by atoms with E-state index in [1.807, 2.05) is 63.5 Å². The van der Waals surface area contributed by atoms with Gasteiger partial charge in [0.05, 0.1) is 50.8 Å². The summed E-state index contributed by atoms with van der Waals surface area (Å²) in [6, 6.07) is 44.2. The molecule has 0 atom stereocenters. The molecule has 0 bridgehead atoms. The summed E-state index contributed by atoms with van der Waals surface area (Å²) in [5, 5.41) is 23.2. The van der Waals surface area contributed by atoms with Crippen molar-refractivity contribution in [2.24, 2.45) is 0 Å². The number of pyridine rings is 3. The van der Waals surface area contributed by atoms with E-state index in [4.69, 9.17) is 35.5 Å². The first-order valence-electron chi connectivity index (χ1n) is 37.6. The van der Waals surface area contributed by atoms with Gasteiger partial charge in [-0.1, -0.05) is 54.6 Å². The van der Waals surface area contributed by atoms with Gasteiger partial charge in [-0.05, 0) is 226 Å². The number of carboxylic acids is 1. The Morgan fingerprint density at radius 2 is 0.690 bits per heavy atom. The summed E-state index contributed by atoms with van der Waals surface area (Å²) in [5.74, 6) is -0.394. The van der Waals surface area contributed by atoms with Crippen molar-refractivity contribution in [3.8, 4) is 33.4 Å². The number of piperazine rings is 3. The van der Waals surface area contributed by atoms with Gasteiger partial charge in [-0.3, -0.25) is 20.2 Å². The molecule has 27 nitrogen and oxygen atoms in total. The van der Waals surface area contributed by atoms with Crippen LogP contribution in [0.2, 0.25) is 0 Å². The number of benzene rings is 6. The lowest BCUT2D eigenvalue weighted by Gasteiger charge is -2.36. The zero-order chi connectivity index (χ0) is 84.2. The summed E-state index contributed by atoms with van der Waals surface area (Å²) in [4.78, 5) is 108. The maximum atomic E-state index is 13.5. The maximum absolute atomic E-state index is 13.5. The Labute approximate surface area is 672 Å². The van der Waals surface area contributed by atoms with Crippen molar-refractivity contribution in [2.45, 2.75) is 105 Å². The third-order valence-electron chi connectivity index (χ3n) is 17.4. The van der Waals surface area contributed by atoms with Crippen molar-refractivity contribution in [1.82, 2.24) is 30.1 Å². The van der Waals surface area contributed by atoms with Crippen molar-refractivity contribution < 1.29 is 70.8 Å². The van der Waals surface area contributed by atoms with E-state index in [-0.39, 0.29) is 41.1 Å². The van der Waals surface area contributed by atoms with Crippen molar-refractivity contribution in [1.29, 1.82) is 0 Å². The number of hydrogen-bond acceptors (Lipinski definition) is 20. The largest absolute Gasteiger partial charge is 0.478 e. The Morgan fingerprint density at radius 3 is 1.05 bits per heavy atom. The fourth-order valence-corrected chi connectivity index (χ4v) is 11.7. The van der Waals surface area contributed by atoms with Crippen LogP contribution in [0, 0.1) is 17.5 Å². The number of anilines is 9. The van der Waals surface area contributed by atoms with E-state index in [0.29, 0.717) is 115 Å². The zero-order valence-electron chi connectivity index (χ0n) is 67.1. The number of hydrogen-bond donors (Lipinski definition) is 8. The van der Waals surface area contributed by atoms with E-state index in [9.17, 15) is 46.7 Å². The molecule has 10 N–H and O–H groups in total. The predicted molar refractivity (Wildman–Crippen MR) is 445 cm³/mol. The van der Waals surface area contributed by atoms with Crippen LogP contribution in [0.1, 0.15) is 114 Å². The molecule has 116 heavy (non-hydrogen) atoms. The van der Waals surface area contributed by atoms with Crippen LogP contribution in [-0.2, 0) is 18.9 Å². The highest BCUT2D eigenvalue weighted by molar-refractivity contribution is 6.08. The van der Waals surface area contributed by atoms with E-state index < -0.39 is 46.5 Å². The van der Waals surface area contributed by atoms with Crippen LogP contribution in [0.5, 0.6) is 0 Å². The number of nitrogens with two attached hydrogens (primary N) is 2. The van der Waals surface area contributed by atoms with Crippen LogP contribution in [-0.4, -0.2) is 173 Å². The fraction of sp³-hybridized carbons (Fsp3) is 0.326. The number of aromatic nitrogens is 3. The molecule has 0 spiro atoms. The van der Waals surface area contributed by atoms with Gasteiger partial charge in [0.15, 0.2) is 0 Å². The number of nitrogens with zero attached hydrogens (tertiary/aromatic N) is 8. The summed E-state index contributed by atoms with van der Waals surface area (Å²) in [5.41, 5.74) is 17.9. The Balaban J connectivity index is 0.000000184. The maximum Gasteiger partial charge on any atom is 0.412 e. The van der Waals surface area contributed by atoms with Crippen molar-refractivity contribution >= 4 is 93.7 Å². The molecule has 9 aromatic rings. The second-order valence-corrected chi connectivity index (χ2v) is 31.2. The summed E-state index contributed by atoms with van der Waals surface area (Å²) < 4.78 is 61.0. The first-order valence-corrected chi connectivity index (χ1v) is 37.6. The smallest absolute Gasteiger partial charge is 0.412 e. The summed E-state index contributed by atoms with van der Waals surface area (Å²) in [7, 11) is 0. The minimum absolute atomic E-state index is 0.163. The topological polar surface area (TPSA) is 344 Å². The number of nitrogen functional groups attached to an aromatic ring is 2. The molecule has 6 aromatic carbocycles. The number of carbonyl (C=O) groups is 7. The highest BCUT2D eigenvalue weighted by atomic mass is 19.1. The number of nitrogens with one attached hydrogen (secondary N) is 5. The second kappa shape index (κ2) is 38.7. The average Bonchev–Trinajstić information content (AvgIpc) is 0.844. The number of carbonyl (C=O) groups excluding carboxylic acids is 6. The highest BCUT2D eigenvalue weighted by Gasteiger charge is 2.30. The number of aromatic carboxylic acids is 1. The number of rotatable bonds is 13. The molecule has 30 heteroatoms. The van der Waals surface area contributed by atoms with Crippen molar-refractivity contribution in [2.75, 3.05) is 126 Å². The molecule has 0 saturated carbocycles. The van der Waals surface area contributed by atoms with E-state index in [1.165, 1.54) is 54.9 Å². The zero-order valence-corrected chi connectivity index (χ0v) is 67.1. The first-order chi connectivity index (χ1) is 54.8. The van der Waals surface area contributed by atoms with Gasteiger partial charge in [0.1, 0.15) is 57.3 Å². The van der Waals surface area contributed by atoms with Gasteiger partial charge in [0, 0.05) is 97.1 Å². The summed E-state index contributed by atoms with van der Waals surface area (Å²) in [6.07, 6.45) is 2.53. The molecule has 3 aliphatic heterocycles. The molecule has 3 fully saturated rings. The van der Waals surface area contributed by atoms with Gasteiger partial charge in [-0.25, -0.2) is 52.1 Å². The Hall–Kier alpha value is -13.0. The SMILES string of the molecule is CC(C)(C)OC(=O)N1CCN(c2ccc(C(=O)O)cn2)CC1.CC(C)(C)OC(=O)Nc1ccc(-c2ccc(F)cc2)cc1N.CC(C)(C)OC(=O)Nc1ccc(-c2ccc(F)cc2)cc1NC(=O)c1ccc(N2CCN(C(=O)OC(C)(C)C)CC2)nc1.Nc1ccc(-c2ccc(F)cc2)cc1NC(=O)c1ccc(N2CCNCC2)nc1. The molecule has 3 saturated heterocycles. The molecular formula is C86H100F3N15O12. The molecule has 0 unspecified atom stereocenters. The van der Waals surface area contributed by atoms with E-state index in [2.05, 4.69) is 46.4 Å².